The van der Waals surface area contributed by atoms with Crippen molar-refractivity contribution >= 4 is 11.9 Å². The second-order valence-electron chi connectivity index (χ2n) is 6.78. The fraction of sp³-hybridized carbons (Fsp3) is 0.429. The average molecular weight is 356 g/mol. The quantitative estimate of drug-likeness (QED) is 0.753. The number of primary amides is 1. The summed E-state index contributed by atoms with van der Waals surface area (Å²) in [5.74, 6) is -0.805. The Morgan fingerprint density at radius 3 is 2.27 bits per heavy atom. The Labute approximate surface area is 155 Å². The van der Waals surface area contributed by atoms with E-state index in [0.29, 0.717) is 11.1 Å². The molecule has 2 aromatic rings. The van der Waals surface area contributed by atoms with Gasteiger partial charge in [-0.25, -0.2) is 4.79 Å². The summed E-state index contributed by atoms with van der Waals surface area (Å²) in [6, 6.07) is 7.37. The van der Waals surface area contributed by atoms with Crippen molar-refractivity contribution in [3.8, 4) is 11.1 Å². The van der Waals surface area contributed by atoms with Crippen LogP contribution in [0.15, 0.2) is 24.3 Å². The molecule has 0 saturated carbocycles. The highest BCUT2D eigenvalue weighted by Gasteiger charge is 2.25. The maximum absolute atomic E-state index is 12.2. The summed E-state index contributed by atoms with van der Waals surface area (Å²) >= 11 is 0. The molecular weight excluding hydrogens is 328 g/mol. The summed E-state index contributed by atoms with van der Waals surface area (Å²) in [4.78, 5) is 23.9. The summed E-state index contributed by atoms with van der Waals surface area (Å²) in [5.41, 5.74) is 10.6. The van der Waals surface area contributed by atoms with Crippen LogP contribution in [-0.4, -0.2) is 23.6 Å². The van der Waals surface area contributed by atoms with E-state index in [2.05, 4.69) is 25.3 Å². The Balaban J connectivity index is 2.70. The second-order valence-corrected chi connectivity index (χ2v) is 6.78. The van der Waals surface area contributed by atoms with Crippen molar-refractivity contribution in [3.05, 3.63) is 46.8 Å². The monoisotopic (exact) mass is 356 g/mol. The molecule has 0 unspecified atom stereocenters. The Morgan fingerprint density at radius 2 is 1.81 bits per heavy atom. The molecule has 0 atom stereocenters. The van der Waals surface area contributed by atoms with Crippen molar-refractivity contribution in [2.24, 2.45) is 5.73 Å². The van der Waals surface area contributed by atoms with Crippen molar-refractivity contribution in [1.82, 2.24) is 4.57 Å². The van der Waals surface area contributed by atoms with Gasteiger partial charge >= 0.3 is 5.97 Å². The van der Waals surface area contributed by atoms with Gasteiger partial charge in [0.2, 0.25) is 0 Å². The van der Waals surface area contributed by atoms with E-state index in [1.54, 1.807) is 12.1 Å². The fourth-order valence-corrected chi connectivity index (χ4v) is 3.56. The number of nitrogens with two attached hydrogens (primary N) is 1. The van der Waals surface area contributed by atoms with Crippen LogP contribution in [0.1, 0.15) is 71.8 Å². The largest absolute Gasteiger partial charge is 0.465 e. The minimum absolute atomic E-state index is 0.225. The molecule has 0 saturated heterocycles. The summed E-state index contributed by atoms with van der Waals surface area (Å²) in [6.45, 7) is 8.31. The third kappa shape index (κ3) is 3.66. The highest BCUT2D eigenvalue weighted by molar-refractivity contribution is 6.02. The van der Waals surface area contributed by atoms with Crippen molar-refractivity contribution < 1.29 is 14.3 Å². The number of rotatable bonds is 7. The molecule has 0 bridgehead atoms. The van der Waals surface area contributed by atoms with Gasteiger partial charge in [-0.2, -0.15) is 0 Å². The smallest absolute Gasteiger partial charge is 0.337 e. The van der Waals surface area contributed by atoms with Crippen LogP contribution >= 0.6 is 0 Å². The molecule has 0 aliphatic heterocycles. The molecule has 26 heavy (non-hydrogen) atoms. The molecule has 5 nitrogen and oxygen atoms in total. The number of hydrogen-bond acceptors (Lipinski definition) is 3. The molecule has 5 heteroatoms. The molecule has 1 amide bonds. The lowest BCUT2D eigenvalue weighted by atomic mass is 9.96. The summed E-state index contributed by atoms with van der Waals surface area (Å²) in [6.07, 6.45) is 2.97. The van der Waals surface area contributed by atoms with Gasteiger partial charge in [0.25, 0.3) is 5.91 Å². The normalized spacial score (nSPS) is 11.0. The molecule has 0 aliphatic rings. The second kappa shape index (κ2) is 8.21. The molecule has 1 aromatic carbocycles. The van der Waals surface area contributed by atoms with Crippen molar-refractivity contribution in [3.63, 3.8) is 0 Å². The first-order chi connectivity index (χ1) is 12.3. The van der Waals surface area contributed by atoms with E-state index in [1.165, 1.54) is 7.11 Å². The van der Waals surface area contributed by atoms with Gasteiger partial charge in [0, 0.05) is 23.0 Å². The number of unbranched alkanes of at least 4 members (excludes halogenated alkanes) is 1. The molecule has 0 aliphatic carbocycles. The van der Waals surface area contributed by atoms with Gasteiger partial charge in [-0.05, 0) is 51.3 Å². The third-order valence-corrected chi connectivity index (χ3v) is 4.68. The highest BCUT2D eigenvalue weighted by atomic mass is 16.5. The summed E-state index contributed by atoms with van der Waals surface area (Å²) in [5, 5.41) is 0. The average Bonchev–Trinajstić information content (AvgIpc) is 2.91. The number of esters is 1. The molecule has 2 N–H and O–H groups in total. The van der Waals surface area contributed by atoms with Crippen molar-refractivity contribution in [2.45, 2.75) is 53.0 Å². The van der Waals surface area contributed by atoms with E-state index in [4.69, 9.17) is 10.5 Å². The lowest BCUT2D eigenvalue weighted by Gasteiger charge is -2.16. The van der Waals surface area contributed by atoms with Crippen LogP contribution in [0.25, 0.3) is 11.1 Å². The number of ether oxygens (including phenoxy) is 1. The molecule has 140 valence electrons. The van der Waals surface area contributed by atoms with Crippen LogP contribution in [0, 0.1) is 6.92 Å². The Hall–Kier alpha value is -2.56. The van der Waals surface area contributed by atoms with Gasteiger partial charge < -0.3 is 15.0 Å². The molecule has 1 heterocycles. The van der Waals surface area contributed by atoms with Gasteiger partial charge in [-0.3, -0.25) is 4.79 Å². The first kappa shape index (κ1) is 19.8. The minimum Gasteiger partial charge on any atom is -0.465 e. The molecule has 0 radical (unpaired) electrons. The van der Waals surface area contributed by atoms with E-state index >= 15 is 0 Å². The van der Waals surface area contributed by atoms with Crippen LogP contribution in [-0.2, 0) is 11.2 Å². The van der Waals surface area contributed by atoms with E-state index in [0.717, 1.165) is 41.8 Å². The molecular formula is C21H28N2O3. The zero-order chi connectivity index (χ0) is 19.4. The Morgan fingerprint density at radius 1 is 1.19 bits per heavy atom. The van der Waals surface area contributed by atoms with Gasteiger partial charge in [-0.15, -0.1) is 0 Å². The topological polar surface area (TPSA) is 74.3 Å². The van der Waals surface area contributed by atoms with Gasteiger partial charge in [0.15, 0.2) is 0 Å². The lowest BCUT2D eigenvalue weighted by Crippen LogP contribution is -2.14. The maximum atomic E-state index is 12.2. The van der Waals surface area contributed by atoms with Gasteiger partial charge in [0.05, 0.1) is 18.2 Å². The number of carbonyl (C=O) groups excluding carboxylic acids is 2. The number of methoxy groups -OCH3 is 1. The standard InChI is InChI=1S/C21H28N2O3/c1-6-7-8-17-19(15-9-11-16(12-10-15)21(25)26-5)18(20(22)24)14(4)23(17)13(2)3/h9-13H,6-8H2,1-5H3,(H2,22,24). The Bertz CT molecular complexity index is 802. The van der Waals surface area contributed by atoms with E-state index < -0.39 is 5.91 Å². The zero-order valence-electron chi connectivity index (χ0n) is 16.3. The maximum Gasteiger partial charge on any atom is 0.337 e. The SMILES string of the molecule is CCCCc1c(-c2ccc(C(=O)OC)cc2)c(C(N)=O)c(C)n1C(C)C. The van der Waals surface area contributed by atoms with Crippen LogP contribution in [0.3, 0.4) is 0 Å². The van der Waals surface area contributed by atoms with Crippen LogP contribution in [0.5, 0.6) is 0 Å². The predicted molar refractivity (Wildman–Crippen MR) is 103 cm³/mol. The molecule has 0 fully saturated rings. The lowest BCUT2D eigenvalue weighted by molar-refractivity contribution is 0.0600. The van der Waals surface area contributed by atoms with Crippen molar-refractivity contribution in [2.75, 3.05) is 7.11 Å². The highest BCUT2D eigenvalue weighted by Crippen LogP contribution is 2.36. The first-order valence-corrected chi connectivity index (χ1v) is 9.05. The number of hydrogen-bond donors (Lipinski definition) is 1. The fourth-order valence-electron chi connectivity index (χ4n) is 3.56. The van der Waals surface area contributed by atoms with Crippen LogP contribution in [0.4, 0.5) is 0 Å². The summed E-state index contributed by atoms with van der Waals surface area (Å²) in [7, 11) is 1.36. The number of amides is 1. The number of benzene rings is 1. The van der Waals surface area contributed by atoms with E-state index in [1.807, 2.05) is 19.1 Å². The van der Waals surface area contributed by atoms with E-state index in [-0.39, 0.29) is 12.0 Å². The molecule has 2 rings (SSSR count). The number of carbonyl (C=O) groups is 2. The number of nitrogens with zero attached hydrogens (tertiary/aromatic N) is 1. The third-order valence-electron chi connectivity index (χ3n) is 4.68. The molecule has 1 aromatic heterocycles. The van der Waals surface area contributed by atoms with Crippen LogP contribution in [0.2, 0.25) is 0 Å². The minimum atomic E-state index is -0.424. The number of aromatic nitrogens is 1. The summed E-state index contributed by atoms with van der Waals surface area (Å²) < 4.78 is 6.97. The Kier molecular flexibility index (Phi) is 6.24. The molecule has 0 spiro atoms. The van der Waals surface area contributed by atoms with Crippen molar-refractivity contribution in [1.29, 1.82) is 0 Å². The predicted octanol–water partition coefficient (Wildman–Crippen LogP) is 4.27. The van der Waals surface area contributed by atoms with Gasteiger partial charge in [-0.1, -0.05) is 25.5 Å². The first-order valence-electron chi connectivity index (χ1n) is 9.05. The van der Waals surface area contributed by atoms with E-state index in [9.17, 15) is 9.59 Å². The zero-order valence-corrected chi connectivity index (χ0v) is 16.3. The van der Waals surface area contributed by atoms with Gasteiger partial charge in [0.1, 0.15) is 0 Å². The van der Waals surface area contributed by atoms with Crippen LogP contribution < -0.4 is 5.73 Å².